The van der Waals surface area contributed by atoms with Gasteiger partial charge in [-0.05, 0) is 26.0 Å². The van der Waals surface area contributed by atoms with Crippen molar-refractivity contribution in [1.29, 1.82) is 0 Å². The van der Waals surface area contributed by atoms with Crippen molar-refractivity contribution in [1.82, 2.24) is 0 Å². The molecule has 1 heterocycles. The van der Waals surface area contributed by atoms with Crippen LogP contribution in [0.1, 0.15) is 13.8 Å². The fourth-order valence-electron chi connectivity index (χ4n) is 1.74. The third kappa shape index (κ3) is 1.40. The Morgan fingerprint density at radius 1 is 1.33 bits per heavy atom. The largest absolute Gasteiger partial charge is 0.495 e. The Labute approximate surface area is 105 Å². The number of methoxy groups -OCH3 is 1. The minimum atomic E-state index is -3.65. The number of carbonyl (C=O) groups is 1. The van der Waals surface area contributed by atoms with E-state index in [2.05, 4.69) is 0 Å². The molecule has 2 N–H and O–H groups in total. The number of carbonyl (C=O) groups excluding carboxylic acids is 1. The van der Waals surface area contributed by atoms with E-state index in [1.807, 2.05) is 0 Å². The van der Waals surface area contributed by atoms with E-state index >= 15 is 0 Å². The van der Waals surface area contributed by atoms with Gasteiger partial charge in [-0.25, -0.2) is 12.7 Å². The van der Waals surface area contributed by atoms with E-state index in [-0.39, 0.29) is 5.69 Å². The first-order chi connectivity index (χ1) is 8.23. The molecule has 0 atom stereocenters. The minimum absolute atomic E-state index is 0.241. The van der Waals surface area contributed by atoms with E-state index < -0.39 is 20.7 Å². The normalized spacial score (nSPS) is 20.4. The van der Waals surface area contributed by atoms with Gasteiger partial charge in [-0.3, -0.25) is 4.79 Å². The molecule has 1 aliphatic heterocycles. The summed E-state index contributed by atoms with van der Waals surface area (Å²) >= 11 is 0. The highest BCUT2D eigenvalue weighted by Crippen LogP contribution is 2.40. The molecular weight excluding hydrogens is 256 g/mol. The van der Waals surface area contributed by atoms with Crippen molar-refractivity contribution in [2.45, 2.75) is 18.6 Å². The zero-order valence-electron chi connectivity index (χ0n) is 10.3. The standard InChI is InChI=1S/C11H14N2O4S/c1-11(2)10(14)13(18(11,15)16)7-4-5-8(12)9(6-7)17-3/h4-6H,12H2,1-3H3. The van der Waals surface area contributed by atoms with E-state index in [0.29, 0.717) is 11.4 Å². The van der Waals surface area contributed by atoms with Crippen LogP contribution in [-0.2, 0) is 14.8 Å². The van der Waals surface area contributed by atoms with Crippen molar-refractivity contribution in [3.63, 3.8) is 0 Å². The summed E-state index contributed by atoms with van der Waals surface area (Å²) in [6, 6.07) is 4.41. The first kappa shape index (κ1) is 12.7. The molecular formula is C11H14N2O4S. The summed E-state index contributed by atoms with van der Waals surface area (Å²) in [6.45, 7) is 2.77. The van der Waals surface area contributed by atoms with Crippen molar-refractivity contribution in [2.24, 2.45) is 0 Å². The van der Waals surface area contributed by atoms with Crippen LogP contribution in [0.2, 0.25) is 0 Å². The molecule has 0 radical (unpaired) electrons. The molecule has 18 heavy (non-hydrogen) atoms. The van der Waals surface area contributed by atoms with Crippen LogP contribution in [0, 0.1) is 0 Å². The second-order valence-electron chi connectivity index (χ2n) is 4.51. The Balaban J connectivity index is 2.50. The van der Waals surface area contributed by atoms with Crippen LogP contribution < -0.4 is 14.8 Å². The van der Waals surface area contributed by atoms with Gasteiger partial charge >= 0.3 is 0 Å². The SMILES string of the molecule is COc1cc(N2C(=O)C(C)(C)S2(=O)=O)ccc1N. The number of sulfonamides is 1. The highest BCUT2D eigenvalue weighted by atomic mass is 32.2. The van der Waals surface area contributed by atoms with Crippen molar-refractivity contribution < 1.29 is 17.9 Å². The van der Waals surface area contributed by atoms with Crippen LogP contribution in [0.4, 0.5) is 11.4 Å². The molecule has 0 spiro atoms. The molecule has 1 fully saturated rings. The molecule has 6 nitrogen and oxygen atoms in total. The molecule has 1 saturated heterocycles. The number of amides is 1. The van der Waals surface area contributed by atoms with Gasteiger partial charge in [0.25, 0.3) is 15.9 Å². The number of hydrogen-bond donors (Lipinski definition) is 1. The maximum atomic E-state index is 12.0. The number of anilines is 2. The number of nitrogens with zero attached hydrogens (tertiary/aromatic N) is 1. The Bertz CT molecular complexity index is 622. The van der Waals surface area contributed by atoms with Crippen molar-refractivity contribution >= 4 is 27.3 Å². The van der Waals surface area contributed by atoms with Crippen LogP contribution >= 0.6 is 0 Å². The summed E-state index contributed by atoms with van der Waals surface area (Å²) < 4.78 is 28.4. The quantitative estimate of drug-likeness (QED) is 0.800. The second kappa shape index (κ2) is 3.61. The molecule has 0 saturated carbocycles. The van der Waals surface area contributed by atoms with E-state index in [0.717, 1.165) is 4.31 Å². The lowest BCUT2D eigenvalue weighted by Crippen LogP contribution is -2.67. The molecule has 2 rings (SSSR count). The Kier molecular flexibility index (Phi) is 2.55. The number of benzene rings is 1. The summed E-state index contributed by atoms with van der Waals surface area (Å²) in [7, 11) is -2.23. The topological polar surface area (TPSA) is 89.7 Å². The van der Waals surface area contributed by atoms with Crippen LogP contribution in [0.15, 0.2) is 18.2 Å². The first-order valence-electron chi connectivity index (χ1n) is 5.26. The summed E-state index contributed by atoms with van der Waals surface area (Å²) in [4.78, 5) is 11.9. The van der Waals surface area contributed by atoms with Gasteiger partial charge in [-0.1, -0.05) is 0 Å². The average molecular weight is 270 g/mol. The number of hydrogen-bond acceptors (Lipinski definition) is 5. The lowest BCUT2D eigenvalue weighted by molar-refractivity contribution is -0.120. The van der Waals surface area contributed by atoms with Crippen molar-refractivity contribution in [3.05, 3.63) is 18.2 Å². The average Bonchev–Trinajstić information content (AvgIpc) is 2.30. The van der Waals surface area contributed by atoms with Gasteiger partial charge in [0.05, 0.1) is 18.5 Å². The molecule has 1 aromatic carbocycles. The predicted octanol–water partition coefficient (Wildman–Crippen LogP) is 0.732. The number of nitrogen functional groups attached to an aromatic ring is 1. The molecule has 1 amide bonds. The van der Waals surface area contributed by atoms with Gasteiger partial charge in [-0.15, -0.1) is 0 Å². The van der Waals surface area contributed by atoms with Crippen LogP contribution in [-0.4, -0.2) is 26.2 Å². The smallest absolute Gasteiger partial charge is 0.263 e. The van der Waals surface area contributed by atoms with E-state index in [1.54, 1.807) is 0 Å². The molecule has 7 heteroatoms. The van der Waals surface area contributed by atoms with Gasteiger partial charge in [-0.2, -0.15) is 0 Å². The third-order valence-electron chi connectivity index (χ3n) is 3.04. The van der Waals surface area contributed by atoms with Crippen LogP contribution in [0.5, 0.6) is 5.75 Å². The summed E-state index contributed by atoms with van der Waals surface area (Å²) in [5, 5.41) is 0. The monoisotopic (exact) mass is 270 g/mol. The lowest BCUT2D eigenvalue weighted by Gasteiger charge is -2.42. The van der Waals surface area contributed by atoms with Crippen molar-refractivity contribution in [3.8, 4) is 5.75 Å². The van der Waals surface area contributed by atoms with Gasteiger partial charge in [0.1, 0.15) is 5.75 Å². The fourth-order valence-corrected chi connectivity index (χ4v) is 3.21. The summed E-state index contributed by atoms with van der Waals surface area (Å²) in [5.74, 6) is -0.130. The van der Waals surface area contributed by atoms with Gasteiger partial charge in [0.15, 0.2) is 4.75 Å². The zero-order chi connectivity index (χ0) is 13.7. The summed E-state index contributed by atoms with van der Waals surface area (Å²) in [5.41, 5.74) is 6.26. The number of rotatable bonds is 2. The zero-order valence-corrected chi connectivity index (χ0v) is 11.1. The molecule has 0 bridgehead atoms. The Morgan fingerprint density at radius 3 is 2.44 bits per heavy atom. The maximum Gasteiger partial charge on any atom is 0.263 e. The van der Waals surface area contributed by atoms with Crippen LogP contribution in [0.3, 0.4) is 0 Å². The van der Waals surface area contributed by atoms with E-state index in [4.69, 9.17) is 10.5 Å². The van der Waals surface area contributed by atoms with Crippen LogP contribution in [0.25, 0.3) is 0 Å². The predicted molar refractivity (Wildman–Crippen MR) is 67.9 cm³/mol. The molecule has 0 unspecified atom stereocenters. The number of nitrogens with two attached hydrogens (primary N) is 1. The highest BCUT2D eigenvalue weighted by Gasteiger charge is 2.60. The molecule has 0 aliphatic carbocycles. The van der Waals surface area contributed by atoms with Gasteiger partial charge in [0.2, 0.25) is 0 Å². The molecule has 1 aliphatic rings. The van der Waals surface area contributed by atoms with E-state index in [9.17, 15) is 13.2 Å². The molecule has 0 aromatic heterocycles. The first-order valence-corrected chi connectivity index (χ1v) is 6.70. The highest BCUT2D eigenvalue weighted by molar-refractivity contribution is 7.98. The van der Waals surface area contributed by atoms with Gasteiger partial charge in [0, 0.05) is 6.07 Å². The Hall–Kier alpha value is -1.76. The van der Waals surface area contributed by atoms with E-state index in [1.165, 1.54) is 39.2 Å². The lowest BCUT2D eigenvalue weighted by atomic mass is 10.1. The molecule has 98 valence electrons. The number of ether oxygens (including phenoxy) is 1. The molecule has 1 aromatic rings. The van der Waals surface area contributed by atoms with Gasteiger partial charge < -0.3 is 10.5 Å². The fraction of sp³-hybridized carbons (Fsp3) is 0.364. The second-order valence-corrected chi connectivity index (χ2v) is 6.85. The third-order valence-corrected chi connectivity index (χ3v) is 5.36. The maximum absolute atomic E-state index is 12.0. The summed E-state index contributed by atoms with van der Waals surface area (Å²) in [6.07, 6.45) is 0. The minimum Gasteiger partial charge on any atom is -0.495 e. The Morgan fingerprint density at radius 2 is 1.94 bits per heavy atom. The van der Waals surface area contributed by atoms with Crippen molar-refractivity contribution in [2.75, 3.05) is 17.1 Å².